The molecule has 1 amide bonds. The molecule has 21 heavy (non-hydrogen) atoms. The number of nitrogens with two attached hydrogens (primary N) is 1. The first-order valence-corrected chi connectivity index (χ1v) is 8.06. The van der Waals surface area contributed by atoms with Gasteiger partial charge in [0.2, 0.25) is 5.91 Å². The van der Waals surface area contributed by atoms with Gasteiger partial charge in [0.25, 0.3) is 0 Å². The molecule has 0 radical (unpaired) electrons. The minimum atomic E-state index is -0.950. The second-order valence-corrected chi connectivity index (χ2v) is 7.21. The summed E-state index contributed by atoms with van der Waals surface area (Å²) in [6.07, 6.45) is 0.513. The SMILES string of the molecule is CCOC1CC(N)(C(=O)Nc2cc(Cl)ccc2Br)C1(C)C. The first kappa shape index (κ1) is 16.7. The average molecular weight is 376 g/mol. The van der Waals surface area contributed by atoms with Gasteiger partial charge in [0.15, 0.2) is 0 Å². The van der Waals surface area contributed by atoms with E-state index in [2.05, 4.69) is 21.2 Å². The Morgan fingerprint density at radius 2 is 2.24 bits per heavy atom. The predicted molar refractivity (Wildman–Crippen MR) is 88.5 cm³/mol. The third-order valence-corrected chi connectivity index (χ3v) is 5.34. The lowest BCUT2D eigenvalue weighted by Crippen LogP contribution is -2.74. The van der Waals surface area contributed by atoms with Gasteiger partial charge in [-0.15, -0.1) is 0 Å². The number of halogens is 2. The van der Waals surface area contributed by atoms with Gasteiger partial charge in [-0.05, 0) is 41.1 Å². The van der Waals surface area contributed by atoms with Gasteiger partial charge in [-0.2, -0.15) is 0 Å². The van der Waals surface area contributed by atoms with E-state index in [-0.39, 0.29) is 12.0 Å². The Morgan fingerprint density at radius 3 is 2.81 bits per heavy atom. The van der Waals surface area contributed by atoms with E-state index in [1.165, 1.54) is 0 Å². The van der Waals surface area contributed by atoms with Crippen LogP contribution >= 0.6 is 27.5 Å². The molecule has 1 aliphatic rings. The largest absolute Gasteiger partial charge is 0.378 e. The Kier molecular flexibility index (Phi) is 4.69. The molecular formula is C15H20BrClN2O2. The van der Waals surface area contributed by atoms with Crippen LogP contribution < -0.4 is 11.1 Å². The topological polar surface area (TPSA) is 64.3 Å². The zero-order chi connectivity index (χ0) is 15.8. The maximum atomic E-state index is 12.6. The van der Waals surface area contributed by atoms with Crippen molar-refractivity contribution < 1.29 is 9.53 Å². The number of hydrogen-bond donors (Lipinski definition) is 2. The summed E-state index contributed by atoms with van der Waals surface area (Å²) in [6.45, 7) is 6.48. The van der Waals surface area contributed by atoms with Crippen LogP contribution in [0.25, 0.3) is 0 Å². The van der Waals surface area contributed by atoms with Crippen LogP contribution in [0.3, 0.4) is 0 Å². The van der Waals surface area contributed by atoms with E-state index in [1.54, 1.807) is 18.2 Å². The molecule has 2 unspecified atom stereocenters. The Morgan fingerprint density at radius 1 is 1.57 bits per heavy atom. The second kappa shape index (κ2) is 5.88. The number of rotatable bonds is 4. The van der Waals surface area contributed by atoms with Crippen molar-refractivity contribution in [2.24, 2.45) is 11.1 Å². The normalized spacial score (nSPS) is 27.0. The zero-order valence-corrected chi connectivity index (χ0v) is 14.7. The molecule has 0 bridgehead atoms. The van der Waals surface area contributed by atoms with Crippen LogP contribution in [0, 0.1) is 5.41 Å². The van der Waals surface area contributed by atoms with E-state index in [0.29, 0.717) is 23.7 Å². The molecular weight excluding hydrogens is 356 g/mol. The van der Waals surface area contributed by atoms with Crippen molar-refractivity contribution in [2.75, 3.05) is 11.9 Å². The van der Waals surface area contributed by atoms with Gasteiger partial charge in [-0.3, -0.25) is 4.79 Å². The second-order valence-electron chi connectivity index (χ2n) is 5.92. The van der Waals surface area contributed by atoms with Crippen molar-refractivity contribution in [1.82, 2.24) is 0 Å². The Labute approximate surface area is 138 Å². The van der Waals surface area contributed by atoms with Gasteiger partial charge in [0.05, 0.1) is 11.8 Å². The van der Waals surface area contributed by atoms with Gasteiger partial charge < -0.3 is 15.8 Å². The molecule has 1 saturated carbocycles. The molecule has 116 valence electrons. The highest BCUT2D eigenvalue weighted by atomic mass is 79.9. The fourth-order valence-corrected chi connectivity index (χ4v) is 3.17. The van der Waals surface area contributed by atoms with E-state index in [1.807, 2.05) is 20.8 Å². The third-order valence-electron chi connectivity index (χ3n) is 4.41. The van der Waals surface area contributed by atoms with Crippen LogP contribution in [0.4, 0.5) is 5.69 Å². The van der Waals surface area contributed by atoms with Crippen LogP contribution in [0.15, 0.2) is 22.7 Å². The van der Waals surface area contributed by atoms with Gasteiger partial charge in [-0.25, -0.2) is 0 Å². The molecule has 0 saturated heterocycles. The number of carbonyl (C=O) groups excluding carboxylic acids is 1. The monoisotopic (exact) mass is 374 g/mol. The smallest absolute Gasteiger partial charge is 0.245 e. The summed E-state index contributed by atoms with van der Waals surface area (Å²) in [6, 6.07) is 5.23. The highest BCUT2D eigenvalue weighted by molar-refractivity contribution is 9.10. The van der Waals surface area contributed by atoms with Gasteiger partial charge >= 0.3 is 0 Å². The molecule has 0 aliphatic heterocycles. The molecule has 3 N–H and O–H groups in total. The van der Waals surface area contributed by atoms with Crippen molar-refractivity contribution in [3.05, 3.63) is 27.7 Å². The Balaban J connectivity index is 2.16. The highest BCUT2D eigenvalue weighted by Crippen LogP contribution is 2.50. The lowest BCUT2D eigenvalue weighted by atomic mass is 9.54. The standard InChI is InChI=1S/C15H20BrClN2O2/c1-4-21-12-8-15(18,14(12,2)3)13(20)19-11-7-9(17)5-6-10(11)16/h5-7,12H,4,8,18H2,1-3H3,(H,19,20). The Hall–Kier alpha value is -0.620. The van der Waals surface area contributed by atoms with E-state index in [0.717, 1.165) is 4.47 Å². The van der Waals surface area contributed by atoms with Crippen molar-refractivity contribution in [2.45, 2.75) is 38.8 Å². The summed E-state index contributed by atoms with van der Waals surface area (Å²) in [7, 11) is 0. The zero-order valence-electron chi connectivity index (χ0n) is 12.4. The number of ether oxygens (including phenoxy) is 1. The lowest BCUT2D eigenvalue weighted by molar-refractivity contribution is -0.166. The molecule has 0 heterocycles. The van der Waals surface area contributed by atoms with E-state index in [4.69, 9.17) is 22.1 Å². The third kappa shape index (κ3) is 2.84. The van der Waals surface area contributed by atoms with Crippen LogP contribution in [-0.4, -0.2) is 24.2 Å². The fraction of sp³-hybridized carbons (Fsp3) is 0.533. The summed E-state index contributed by atoms with van der Waals surface area (Å²) in [5, 5.41) is 3.42. The summed E-state index contributed by atoms with van der Waals surface area (Å²) >= 11 is 9.35. The predicted octanol–water partition coefficient (Wildman–Crippen LogP) is 3.57. The van der Waals surface area contributed by atoms with Crippen LogP contribution in [0.1, 0.15) is 27.2 Å². The molecule has 1 fully saturated rings. The van der Waals surface area contributed by atoms with Gasteiger partial charge in [0, 0.05) is 27.9 Å². The maximum absolute atomic E-state index is 12.6. The molecule has 4 nitrogen and oxygen atoms in total. The molecule has 1 aromatic rings. The first-order chi connectivity index (χ1) is 9.72. The molecule has 1 aliphatic carbocycles. The van der Waals surface area contributed by atoms with Gasteiger partial charge in [0.1, 0.15) is 5.54 Å². The minimum Gasteiger partial charge on any atom is -0.378 e. The lowest BCUT2D eigenvalue weighted by Gasteiger charge is -2.57. The molecule has 0 spiro atoms. The van der Waals surface area contributed by atoms with Crippen LogP contribution in [-0.2, 0) is 9.53 Å². The number of hydrogen-bond acceptors (Lipinski definition) is 3. The molecule has 2 rings (SSSR count). The molecule has 1 aromatic carbocycles. The van der Waals surface area contributed by atoms with E-state index < -0.39 is 11.0 Å². The van der Waals surface area contributed by atoms with Crippen molar-refractivity contribution in [3.8, 4) is 0 Å². The van der Waals surface area contributed by atoms with Crippen LogP contribution in [0.2, 0.25) is 5.02 Å². The van der Waals surface area contributed by atoms with E-state index >= 15 is 0 Å². The average Bonchev–Trinajstić information content (AvgIpc) is 2.42. The number of carbonyl (C=O) groups is 1. The summed E-state index contributed by atoms with van der Waals surface area (Å²) < 4.78 is 6.41. The summed E-state index contributed by atoms with van der Waals surface area (Å²) in [4.78, 5) is 12.6. The fourth-order valence-electron chi connectivity index (χ4n) is 2.65. The number of amides is 1. The number of benzene rings is 1. The molecule has 0 aromatic heterocycles. The van der Waals surface area contributed by atoms with Crippen molar-refractivity contribution in [1.29, 1.82) is 0 Å². The minimum absolute atomic E-state index is 0.000974. The first-order valence-electron chi connectivity index (χ1n) is 6.89. The number of anilines is 1. The molecule has 6 heteroatoms. The van der Waals surface area contributed by atoms with Gasteiger partial charge in [-0.1, -0.05) is 25.4 Å². The van der Waals surface area contributed by atoms with E-state index in [9.17, 15) is 4.79 Å². The quantitative estimate of drug-likeness (QED) is 0.845. The van der Waals surface area contributed by atoms with Crippen molar-refractivity contribution >= 4 is 39.1 Å². The summed E-state index contributed by atoms with van der Waals surface area (Å²) in [5.74, 6) is -0.216. The van der Waals surface area contributed by atoms with Crippen LogP contribution in [0.5, 0.6) is 0 Å². The maximum Gasteiger partial charge on any atom is 0.245 e. The number of nitrogens with one attached hydrogen (secondary N) is 1. The molecule has 2 atom stereocenters. The summed E-state index contributed by atoms with van der Waals surface area (Å²) in [5.41, 5.74) is 5.59. The van der Waals surface area contributed by atoms with Crippen molar-refractivity contribution in [3.63, 3.8) is 0 Å². The highest BCUT2D eigenvalue weighted by Gasteiger charge is 2.62. The Bertz CT molecular complexity index is 565.